The van der Waals surface area contributed by atoms with Crippen molar-refractivity contribution in [2.45, 2.75) is 96.9 Å². The van der Waals surface area contributed by atoms with Crippen LogP contribution in [0.15, 0.2) is 49.1 Å². The smallest absolute Gasteiger partial charge is 0.410 e. The van der Waals surface area contributed by atoms with Gasteiger partial charge < -0.3 is 29.9 Å². The van der Waals surface area contributed by atoms with Gasteiger partial charge in [0.25, 0.3) is 0 Å². The molecule has 252 valence electrons. The summed E-state index contributed by atoms with van der Waals surface area (Å²) in [5.74, 6) is 1.03. The van der Waals surface area contributed by atoms with Crippen molar-refractivity contribution in [3.8, 4) is 22.3 Å². The molecule has 2 atom stereocenters. The lowest BCUT2D eigenvalue weighted by atomic mass is 9.99. The number of carbonyl (C=O) groups excluding carboxylic acids is 2. The quantitative estimate of drug-likeness (QED) is 0.276. The Labute approximate surface area is 277 Å². The van der Waals surface area contributed by atoms with Crippen molar-refractivity contribution >= 4 is 24.1 Å². The molecule has 2 fully saturated rings. The molecule has 12 nitrogen and oxygen atoms in total. The fourth-order valence-corrected chi connectivity index (χ4v) is 5.91. The zero-order chi connectivity index (χ0) is 33.8. The van der Waals surface area contributed by atoms with Gasteiger partial charge in [-0.25, -0.2) is 29.5 Å². The van der Waals surface area contributed by atoms with E-state index in [0.717, 1.165) is 47.9 Å². The van der Waals surface area contributed by atoms with E-state index in [1.54, 1.807) is 29.7 Å². The third-order valence-corrected chi connectivity index (χ3v) is 8.35. The molecule has 2 aliphatic rings. The van der Waals surface area contributed by atoms with Crippen LogP contribution < -0.4 is 10.6 Å². The highest BCUT2D eigenvalue weighted by atomic mass is 16.6. The van der Waals surface area contributed by atoms with E-state index in [4.69, 9.17) is 9.47 Å². The Hall–Kier alpha value is -4.48. The summed E-state index contributed by atoms with van der Waals surface area (Å²) in [5.41, 5.74) is 2.34. The largest absolute Gasteiger partial charge is 0.444 e. The van der Waals surface area contributed by atoms with Crippen molar-refractivity contribution in [3.05, 3.63) is 49.1 Å². The van der Waals surface area contributed by atoms with Crippen molar-refractivity contribution in [1.29, 1.82) is 0 Å². The SMILES string of the molecule is CC(C)(C)OC(=O)N1CCCC1CNc1ncc(-c2ccc(-c3cnc(NCC4(C)CCCN4C(=O)OC(C)(C)C)nc3)cc2)cn1. The van der Waals surface area contributed by atoms with Crippen LogP contribution in [0.3, 0.4) is 0 Å². The van der Waals surface area contributed by atoms with Gasteiger partial charge in [0, 0.05) is 62.1 Å². The Morgan fingerprint density at radius 3 is 1.81 bits per heavy atom. The van der Waals surface area contributed by atoms with E-state index in [9.17, 15) is 9.59 Å². The van der Waals surface area contributed by atoms with Crippen LogP contribution in [0.1, 0.15) is 74.1 Å². The highest BCUT2D eigenvalue weighted by Gasteiger charge is 2.41. The molecule has 1 aromatic carbocycles. The molecule has 12 heteroatoms. The Kier molecular flexibility index (Phi) is 9.88. The summed E-state index contributed by atoms with van der Waals surface area (Å²) >= 11 is 0. The average molecular weight is 645 g/mol. The van der Waals surface area contributed by atoms with Crippen molar-refractivity contribution in [2.24, 2.45) is 0 Å². The molecule has 4 heterocycles. The van der Waals surface area contributed by atoms with Crippen LogP contribution in [0.2, 0.25) is 0 Å². The van der Waals surface area contributed by atoms with Crippen LogP contribution in [0, 0.1) is 0 Å². The average Bonchev–Trinajstić information content (AvgIpc) is 3.65. The van der Waals surface area contributed by atoms with Crippen LogP contribution >= 0.6 is 0 Å². The Morgan fingerprint density at radius 2 is 1.28 bits per heavy atom. The Balaban J connectivity index is 1.13. The molecule has 2 aliphatic heterocycles. The van der Waals surface area contributed by atoms with Crippen LogP contribution in [0.25, 0.3) is 22.3 Å². The summed E-state index contributed by atoms with van der Waals surface area (Å²) in [7, 11) is 0. The molecule has 2 aromatic heterocycles. The molecule has 2 N–H and O–H groups in total. The van der Waals surface area contributed by atoms with E-state index in [-0.39, 0.29) is 23.8 Å². The third-order valence-electron chi connectivity index (χ3n) is 8.35. The van der Waals surface area contributed by atoms with E-state index in [1.165, 1.54) is 0 Å². The normalized spacial score (nSPS) is 19.9. The summed E-state index contributed by atoms with van der Waals surface area (Å²) in [6.07, 6.45) is 10.3. The zero-order valence-corrected chi connectivity index (χ0v) is 28.7. The molecular formula is C35H48N8O4. The topological polar surface area (TPSA) is 135 Å². The maximum atomic E-state index is 12.8. The first-order valence-corrected chi connectivity index (χ1v) is 16.4. The van der Waals surface area contributed by atoms with Gasteiger partial charge in [0.1, 0.15) is 11.2 Å². The first-order valence-electron chi connectivity index (χ1n) is 16.4. The lowest BCUT2D eigenvalue weighted by Gasteiger charge is -2.36. The Morgan fingerprint density at radius 1 is 0.766 bits per heavy atom. The number of benzene rings is 1. The predicted octanol–water partition coefficient (Wildman–Crippen LogP) is 6.61. The maximum absolute atomic E-state index is 12.8. The van der Waals surface area contributed by atoms with Crippen molar-refractivity contribution in [1.82, 2.24) is 29.7 Å². The van der Waals surface area contributed by atoms with Crippen molar-refractivity contribution in [2.75, 3.05) is 36.8 Å². The molecule has 0 radical (unpaired) electrons. The number of ether oxygens (including phenoxy) is 2. The molecule has 47 heavy (non-hydrogen) atoms. The fraction of sp³-hybridized carbons (Fsp3) is 0.543. The van der Waals surface area contributed by atoms with E-state index < -0.39 is 11.2 Å². The second kappa shape index (κ2) is 13.7. The molecule has 2 unspecified atom stereocenters. The number of likely N-dealkylation sites (tertiary alicyclic amines) is 2. The van der Waals surface area contributed by atoms with E-state index in [2.05, 4.69) is 37.5 Å². The standard InChI is InChI=1S/C35H48N8O4/c1-33(2,3)46-31(44)42-16-8-10-28(42)22-40-29-36-18-26(19-37-29)24-11-13-25(14-12-24)27-20-38-30(39-21-27)41-23-35(7)15-9-17-43(35)32(45)47-34(4,5)6/h11-14,18-21,28H,8-10,15-17,22-23H2,1-7H3,(H,36,37,40)(H,38,39,41). The predicted molar refractivity (Wildman–Crippen MR) is 182 cm³/mol. The van der Waals surface area contributed by atoms with Crippen LogP contribution in [-0.2, 0) is 9.47 Å². The summed E-state index contributed by atoms with van der Waals surface area (Å²) in [4.78, 5) is 47.0. The van der Waals surface area contributed by atoms with E-state index in [1.807, 2.05) is 70.7 Å². The molecule has 0 aliphatic carbocycles. The first-order chi connectivity index (χ1) is 22.2. The summed E-state index contributed by atoms with van der Waals surface area (Å²) in [5, 5.41) is 6.59. The number of hydrogen-bond donors (Lipinski definition) is 2. The number of aromatic nitrogens is 4. The van der Waals surface area contributed by atoms with Gasteiger partial charge in [-0.15, -0.1) is 0 Å². The molecule has 2 saturated heterocycles. The number of nitrogens with one attached hydrogen (secondary N) is 2. The third kappa shape index (κ3) is 8.87. The number of nitrogens with zero attached hydrogens (tertiary/aromatic N) is 6. The molecule has 2 amide bonds. The number of carbonyl (C=O) groups is 2. The van der Waals surface area contributed by atoms with Gasteiger partial charge in [-0.05, 0) is 85.3 Å². The van der Waals surface area contributed by atoms with Gasteiger partial charge in [-0.3, -0.25) is 0 Å². The minimum atomic E-state index is -0.536. The Bertz CT molecular complexity index is 1520. The van der Waals surface area contributed by atoms with Gasteiger partial charge in [0.2, 0.25) is 11.9 Å². The lowest BCUT2D eigenvalue weighted by molar-refractivity contribution is 0.0124. The monoisotopic (exact) mass is 644 g/mol. The lowest BCUT2D eigenvalue weighted by Crippen LogP contribution is -2.51. The van der Waals surface area contributed by atoms with Gasteiger partial charge >= 0.3 is 12.2 Å². The minimum absolute atomic E-state index is 0.0413. The minimum Gasteiger partial charge on any atom is -0.444 e. The van der Waals surface area contributed by atoms with Gasteiger partial charge in [0.15, 0.2) is 0 Å². The molecule has 0 saturated carbocycles. The van der Waals surface area contributed by atoms with Crippen molar-refractivity contribution in [3.63, 3.8) is 0 Å². The molecular weight excluding hydrogens is 596 g/mol. The molecule has 0 spiro atoms. The summed E-state index contributed by atoms with van der Waals surface area (Å²) in [6, 6.07) is 8.14. The van der Waals surface area contributed by atoms with Gasteiger partial charge in [0.05, 0.1) is 11.6 Å². The number of amides is 2. The second-order valence-electron chi connectivity index (χ2n) is 14.6. The zero-order valence-electron chi connectivity index (χ0n) is 28.7. The van der Waals surface area contributed by atoms with Crippen LogP contribution in [0.5, 0.6) is 0 Å². The summed E-state index contributed by atoms with van der Waals surface area (Å²) in [6.45, 7) is 15.8. The molecule has 5 rings (SSSR count). The second-order valence-corrected chi connectivity index (χ2v) is 14.6. The molecule has 0 bridgehead atoms. The first kappa shape index (κ1) is 33.9. The maximum Gasteiger partial charge on any atom is 0.410 e. The number of anilines is 2. The number of rotatable bonds is 8. The molecule has 3 aromatic rings. The number of hydrogen-bond acceptors (Lipinski definition) is 10. The van der Waals surface area contributed by atoms with Crippen LogP contribution in [-0.4, -0.2) is 90.9 Å². The van der Waals surface area contributed by atoms with Gasteiger partial charge in [-0.2, -0.15) is 0 Å². The van der Waals surface area contributed by atoms with E-state index >= 15 is 0 Å². The van der Waals surface area contributed by atoms with Crippen molar-refractivity contribution < 1.29 is 19.1 Å². The fourth-order valence-electron chi connectivity index (χ4n) is 5.91. The van der Waals surface area contributed by atoms with Gasteiger partial charge in [-0.1, -0.05) is 24.3 Å². The summed E-state index contributed by atoms with van der Waals surface area (Å²) < 4.78 is 11.2. The van der Waals surface area contributed by atoms with Crippen LogP contribution in [0.4, 0.5) is 21.5 Å². The highest BCUT2D eigenvalue weighted by molar-refractivity contribution is 5.71. The van der Waals surface area contributed by atoms with E-state index in [0.29, 0.717) is 38.1 Å². The highest BCUT2D eigenvalue weighted by Crippen LogP contribution is 2.31.